The van der Waals surface area contributed by atoms with Crippen LogP contribution in [-0.4, -0.2) is 71.0 Å². The maximum atomic E-state index is 13.2. The highest BCUT2D eigenvalue weighted by Crippen LogP contribution is 2.34. The van der Waals surface area contributed by atoms with E-state index in [1.807, 2.05) is 17.0 Å². The van der Waals surface area contributed by atoms with Crippen molar-refractivity contribution in [2.75, 3.05) is 39.4 Å². The zero-order chi connectivity index (χ0) is 18.6. The summed E-state index contributed by atoms with van der Waals surface area (Å²) in [5.74, 6) is -0.293. The molecule has 2 aromatic heterocycles. The van der Waals surface area contributed by atoms with Crippen molar-refractivity contribution in [3.05, 3.63) is 60.2 Å². The van der Waals surface area contributed by atoms with Crippen LogP contribution in [0.2, 0.25) is 0 Å². The molecule has 2 atom stereocenters. The Bertz CT molecular complexity index is 793. The third-order valence-electron chi connectivity index (χ3n) is 5.29. The van der Waals surface area contributed by atoms with E-state index in [1.54, 1.807) is 41.8 Å². The molecule has 0 radical (unpaired) electrons. The molecule has 2 aliphatic heterocycles. The molecule has 0 unspecified atom stereocenters. The minimum absolute atomic E-state index is 0.0557. The van der Waals surface area contributed by atoms with Gasteiger partial charge in [-0.25, -0.2) is 0 Å². The molecule has 2 aromatic rings. The van der Waals surface area contributed by atoms with Crippen molar-refractivity contribution in [1.82, 2.24) is 19.8 Å². The van der Waals surface area contributed by atoms with Gasteiger partial charge in [-0.05, 0) is 23.8 Å². The van der Waals surface area contributed by atoms with Gasteiger partial charge in [0, 0.05) is 62.4 Å². The normalized spacial score (nSPS) is 22.7. The SMILES string of the molecule is O=C(c1ccncc1)N1C[C@@H](C(=O)N2CCOCC2)[C@H](c2cccnc2)C1. The molecule has 2 fully saturated rings. The van der Waals surface area contributed by atoms with Gasteiger partial charge in [0.25, 0.3) is 5.91 Å². The number of amides is 2. The Balaban J connectivity index is 1.59. The summed E-state index contributed by atoms with van der Waals surface area (Å²) in [6, 6.07) is 7.27. The van der Waals surface area contributed by atoms with Gasteiger partial charge in [0.05, 0.1) is 19.1 Å². The fourth-order valence-electron chi connectivity index (χ4n) is 3.85. The Labute approximate surface area is 158 Å². The molecule has 7 heteroatoms. The highest BCUT2D eigenvalue weighted by Gasteiger charge is 2.42. The fraction of sp³-hybridized carbons (Fsp3) is 0.400. The molecular formula is C20H22N4O3. The first-order valence-electron chi connectivity index (χ1n) is 9.20. The van der Waals surface area contributed by atoms with Crippen LogP contribution in [0.3, 0.4) is 0 Å². The molecule has 27 heavy (non-hydrogen) atoms. The van der Waals surface area contributed by atoms with Gasteiger partial charge in [0.15, 0.2) is 0 Å². The van der Waals surface area contributed by atoms with Crippen LogP contribution in [0, 0.1) is 5.92 Å². The monoisotopic (exact) mass is 366 g/mol. The van der Waals surface area contributed by atoms with Crippen molar-refractivity contribution in [2.45, 2.75) is 5.92 Å². The van der Waals surface area contributed by atoms with E-state index < -0.39 is 0 Å². The van der Waals surface area contributed by atoms with Crippen molar-refractivity contribution in [2.24, 2.45) is 5.92 Å². The number of rotatable bonds is 3. The van der Waals surface area contributed by atoms with Crippen LogP contribution in [0.25, 0.3) is 0 Å². The lowest BCUT2D eigenvalue weighted by atomic mass is 9.89. The van der Waals surface area contributed by atoms with Crippen LogP contribution in [-0.2, 0) is 9.53 Å². The van der Waals surface area contributed by atoms with E-state index in [2.05, 4.69) is 9.97 Å². The summed E-state index contributed by atoms with van der Waals surface area (Å²) < 4.78 is 5.37. The van der Waals surface area contributed by atoms with Gasteiger partial charge in [-0.1, -0.05) is 6.07 Å². The highest BCUT2D eigenvalue weighted by atomic mass is 16.5. The van der Waals surface area contributed by atoms with Crippen LogP contribution < -0.4 is 0 Å². The lowest BCUT2D eigenvalue weighted by Gasteiger charge is -2.30. The Morgan fingerprint density at radius 1 is 0.963 bits per heavy atom. The molecule has 0 spiro atoms. The maximum Gasteiger partial charge on any atom is 0.254 e. The first-order valence-corrected chi connectivity index (χ1v) is 9.20. The third-order valence-corrected chi connectivity index (χ3v) is 5.29. The van der Waals surface area contributed by atoms with Crippen molar-refractivity contribution < 1.29 is 14.3 Å². The van der Waals surface area contributed by atoms with E-state index >= 15 is 0 Å². The Morgan fingerprint density at radius 3 is 2.44 bits per heavy atom. The molecule has 0 N–H and O–H groups in total. The van der Waals surface area contributed by atoms with Crippen molar-refractivity contribution in [1.29, 1.82) is 0 Å². The average Bonchev–Trinajstić information content (AvgIpc) is 3.20. The summed E-state index contributed by atoms with van der Waals surface area (Å²) in [5, 5.41) is 0. The molecule has 0 aliphatic carbocycles. The summed E-state index contributed by atoms with van der Waals surface area (Å²) in [6.45, 7) is 3.26. The zero-order valence-electron chi connectivity index (χ0n) is 15.0. The zero-order valence-corrected chi connectivity index (χ0v) is 15.0. The molecule has 0 aromatic carbocycles. The van der Waals surface area contributed by atoms with Crippen LogP contribution in [0.5, 0.6) is 0 Å². The molecule has 2 saturated heterocycles. The van der Waals surface area contributed by atoms with Crippen LogP contribution >= 0.6 is 0 Å². The Kier molecular flexibility index (Phi) is 5.11. The van der Waals surface area contributed by atoms with E-state index in [9.17, 15) is 9.59 Å². The van der Waals surface area contributed by atoms with E-state index in [1.165, 1.54) is 0 Å². The number of nitrogens with zero attached hydrogens (tertiary/aromatic N) is 4. The van der Waals surface area contributed by atoms with Crippen LogP contribution in [0.1, 0.15) is 21.8 Å². The van der Waals surface area contributed by atoms with Crippen molar-refractivity contribution in [3.8, 4) is 0 Å². The molecule has 0 saturated carbocycles. The van der Waals surface area contributed by atoms with Gasteiger partial charge in [-0.2, -0.15) is 0 Å². The second-order valence-corrected chi connectivity index (χ2v) is 6.88. The smallest absolute Gasteiger partial charge is 0.254 e. The van der Waals surface area contributed by atoms with Crippen LogP contribution in [0.15, 0.2) is 49.1 Å². The van der Waals surface area contributed by atoms with Gasteiger partial charge >= 0.3 is 0 Å². The van der Waals surface area contributed by atoms with E-state index in [-0.39, 0.29) is 23.7 Å². The minimum Gasteiger partial charge on any atom is -0.378 e. The van der Waals surface area contributed by atoms with Gasteiger partial charge in [-0.15, -0.1) is 0 Å². The van der Waals surface area contributed by atoms with Crippen molar-refractivity contribution in [3.63, 3.8) is 0 Å². The molecule has 2 aliphatic rings. The summed E-state index contributed by atoms with van der Waals surface area (Å²) in [5.41, 5.74) is 1.59. The molecular weight excluding hydrogens is 344 g/mol. The van der Waals surface area contributed by atoms with Crippen molar-refractivity contribution >= 4 is 11.8 Å². The highest BCUT2D eigenvalue weighted by molar-refractivity contribution is 5.95. The number of pyridine rings is 2. The maximum absolute atomic E-state index is 13.2. The minimum atomic E-state index is -0.266. The molecule has 7 nitrogen and oxygen atoms in total. The first-order chi connectivity index (χ1) is 13.2. The number of likely N-dealkylation sites (tertiary alicyclic amines) is 1. The number of hydrogen-bond acceptors (Lipinski definition) is 5. The lowest BCUT2D eigenvalue weighted by Crippen LogP contribution is -2.45. The summed E-state index contributed by atoms with van der Waals surface area (Å²) in [6.07, 6.45) is 6.73. The average molecular weight is 366 g/mol. The van der Waals surface area contributed by atoms with E-state index in [0.29, 0.717) is 45.0 Å². The Hall–Kier alpha value is -2.80. The standard InChI is InChI=1S/C20H22N4O3/c25-19(15-3-6-21-7-4-15)24-13-17(16-2-1-5-22-12-16)18(14-24)20(26)23-8-10-27-11-9-23/h1-7,12,17-18H,8-11,13-14H2/t17-,18+/m0/s1. The van der Waals surface area contributed by atoms with E-state index in [4.69, 9.17) is 4.74 Å². The summed E-state index contributed by atoms with van der Waals surface area (Å²) >= 11 is 0. The predicted molar refractivity (Wildman–Crippen MR) is 98.0 cm³/mol. The second-order valence-electron chi connectivity index (χ2n) is 6.88. The van der Waals surface area contributed by atoms with Gasteiger partial charge < -0.3 is 14.5 Å². The third kappa shape index (κ3) is 3.68. The number of aromatic nitrogens is 2. The number of morpholine rings is 1. The number of carbonyl (C=O) groups is 2. The fourth-order valence-corrected chi connectivity index (χ4v) is 3.85. The lowest BCUT2D eigenvalue weighted by molar-refractivity contribution is -0.139. The topological polar surface area (TPSA) is 75.6 Å². The quantitative estimate of drug-likeness (QED) is 0.816. The molecule has 4 rings (SSSR count). The number of ether oxygens (including phenoxy) is 1. The molecule has 2 amide bonds. The first kappa shape index (κ1) is 17.6. The van der Waals surface area contributed by atoms with E-state index in [0.717, 1.165) is 5.56 Å². The molecule has 0 bridgehead atoms. The number of carbonyl (C=O) groups excluding carboxylic acids is 2. The summed E-state index contributed by atoms with van der Waals surface area (Å²) in [7, 11) is 0. The van der Waals surface area contributed by atoms with Crippen LogP contribution in [0.4, 0.5) is 0 Å². The van der Waals surface area contributed by atoms with Gasteiger partial charge in [-0.3, -0.25) is 19.6 Å². The Morgan fingerprint density at radius 2 is 1.74 bits per heavy atom. The molecule has 140 valence electrons. The summed E-state index contributed by atoms with van der Waals surface area (Å²) in [4.78, 5) is 37.9. The van der Waals surface area contributed by atoms with Gasteiger partial charge in [0.1, 0.15) is 0 Å². The van der Waals surface area contributed by atoms with Gasteiger partial charge in [0.2, 0.25) is 5.91 Å². The second kappa shape index (κ2) is 7.84. The largest absolute Gasteiger partial charge is 0.378 e. The predicted octanol–water partition coefficient (Wildman–Crippen LogP) is 1.19. The number of hydrogen-bond donors (Lipinski definition) is 0. The molecule has 4 heterocycles.